The predicted octanol–water partition coefficient (Wildman–Crippen LogP) is 4.18. The molecular formula is C22H32O4S. The van der Waals surface area contributed by atoms with Gasteiger partial charge in [-0.05, 0) is 91.4 Å². The van der Waals surface area contributed by atoms with E-state index >= 15 is 0 Å². The SMILES string of the molecule is CCCCS(=O)(=O)c1cc(O)cc2c1[C@H]1CC[C@]3(C)[C@@H](O)CC[C@H]3[C@H]1CC2. The number of sulfone groups is 1. The molecule has 4 rings (SSSR count). The van der Waals surface area contributed by atoms with Crippen LogP contribution in [0.5, 0.6) is 5.75 Å². The van der Waals surface area contributed by atoms with Gasteiger partial charge in [-0.3, -0.25) is 0 Å². The van der Waals surface area contributed by atoms with E-state index < -0.39 is 9.84 Å². The highest BCUT2D eigenvalue weighted by Crippen LogP contribution is 2.61. The first-order valence-corrected chi connectivity index (χ1v) is 12.2. The summed E-state index contributed by atoms with van der Waals surface area (Å²) in [5.74, 6) is 1.37. The lowest BCUT2D eigenvalue weighted by molar-refractivity contribution is -0.0230. The van der Waals surface area contributed by atoms with Gasteiger partial charge in [-0.1, -0.05) is 20.3 Å². The van der Waals surface area contributed by atoms with E-state index in [0.29, 0.717) is 23.2 Å². The Labute approximate surface area is 162 Å². The summed E-state index contributed by atoms with van der Waals surface area (Å²) in [5.41, 5.74) is 1.99. The van der Waals surface area contributed by atoms with Gasteiger partial charge in [0.2, 0.25) is 0 Å². The molecule has 2 fully saturated rings. The van der Waals surface area contributed by atoms with Crippen molar-refractivity contribution in [2.45, 2.75) is 82.1 Å². The molecule has 0 aromatic heterocycles. The number of aliphatic hydroxyl groups excluding tert-OH is 1. The Kier molecular flexibility index (Phi) is 4.83. The number of fused-ring (bicyclic) bond motifs is 5. The molecule has 0 spiro atoms. The summed E-state index contributed by atoms with van der Waals surface area (Å²) in [4.78, 5) is 0.378. The van der Waals surface area contributed by atoms with Crippen molar-refractivity contribution in [3.63, 3.8) is 0 Å². The maximum atomic E-state index is 13.1. The molecule has 1 aromatic rings. The lowest BCUT2D eigenvalue weighted by Gasteiger charge is -2.50. The predicted molar refractivity (Wildman–Crippen MR) is 106 cm³/mol. The number of hydrogen-bond acceptors (Lipinski definition) is 4. The molecule has 150 valence electrons. The van der Waals surface area contributed by atoms with Gasteiger partial charge in [-0.15, -0.1) is 0 Å². The molecule has 0 heterocycles. The minimum absolute atomic E-state index is 0.0170. The first kappa shape index (κ1) is 19.3. The van der Waals surface area contributed by atoms with E-state index in [-0.39, 0.29) is 28.9 Å². The second-order valence-electron chi connectivity index (χ2n) is 9.24. The number of unbranched alkanes of at least 4 members (excludes halogenated alkanes) is 1. The van der Waals surface area contributed by atoms with Gasteiger partial charge >= 0.3 is 0 Å². The van der Waals surface area contributed by atoms with Gasteiger partial charge in [0.15, 0.2) is 9.84 Å². The zero-order valence-electron chi connectivity index (χ0n) is 16.4. The van der Waals surface area contributed by atoms with E-state index in [1.54, 1.807) is 6.07 Å². The molecule has 5 atom stereocenters. The third-order valence-electron chi connectivity index (χ3n) is 7.82. The second-order valence-corrected chi connectivity index (χ2v) is 11.3. The molecule has 0 aliphatic heterocycles. The van der Waals surface area contributed by atoms with Crippen molar-refractivity contribution in [1.82, 2.24) is 0 Å². The van der Waals surface area contributed by atoms with Crippen molar-refractivity contribution in [1.29, 1.82) is 0 Å². The largest absolute Gasteiger partial charge is 0.508 e. The number of phenolic OH excluding ortho intramolecular Hbond substituents is 1. The zero-order valence-corrected chi connectivity index (χ0v) is 17.3. The summed E-state index contributed by atoms with van der Waals surface area (Å²) in [5, 5.41) is 20.7. The second kappa shape index (κ2) is 6.77. The molecule has 5 heteroatoms. The van der Waals surface area contributed by atoms with Gasteiger partial charge < -0.3 is 10.2 Å². The van der Waals surface area contributed by atoms with Crippen LogP contribution in [0.25, 0.3) is 0 Å². The number of rotatable bonds is 4. The van der Waals surface area contributed by atoms with Gasteiger partial charge in [-0.25, -0.2) is 8.42 Å². The highest BCUT2D eigenvalue weighted by Gasteiger charge is 2.55. The normalized spacial score (nSPS) is 35.4. The van der Waals surface area contributed by atoms with Crippen LogP contribution in [0.2, 0.25) is 0 Å². The minimum Gasteiger partial charge on any atom is -0.508 e. The van der Waals surface area contributed by atoms with Crippen LogP contribution in [-0.2, 0) is 16.3 Å². The van der Waals surface area contributed by atoms with Crippen LogP contribution >= 0.6 is 0 Å². The topological polar surface area (TPSA) is 74.6 Å². The van der Waals surface area contributed by atoms with Gasteiger partial charge in [-0.2, -0.15) is 0 Å². The minimum atomic E-state index is -3.39. The summed E-state index contributed by atoms with van der Waals surface area (Å²) in [6.07, 6.45) is 6.92. The van der Waals surface area contributed by atoms with Crippen LogP contribution in [0.1, 0.15) is 75.8 Å². The monoisotopic (exact) mass is 392 g/mol. The first-order chi connectivity index (χ1) is 12.8. The number of aryl methyl sites for hydroxylation is 1. The molecule has 27 heavy (non-hydrogen) atoms. The molecular weight excluding hydrogens is 360 g/mol. The van der Waals surface area contributed by atoms with Gasteiger partial charge in [0, 0.05) is 0 Å². The van der Waals surface area contributed by atoms with Gasteiger partial charge in [0.25, 0.3) is 0 Å². The maximum Gasteiger partial charge on any atom is 0.178 e. The van der Waals surface area contributed by atoms with E-state index in [9.17, 15) is 18.6 Å². The first-order valence-electron chi connectivity index (χ1n) is 10.5. The fraction of sp³-hybridized carbons (Fsp3) is 0.727. The standard InChI is InChI=1S/C22H32O4S/c1-3-4-11-27(25,26)19-13-15(23)12-14-5-6-16-17(21(14)19)9-10-22(2)18(16)7-8-20(22)24/h12-13,16-18,20,23-24H,3-11H2,1-2H3/t16-,17-,18-,20-,22-/m0/s1. The van der Waals surface area contributed by atoms with Crippen LogP contribution in [-0.4, -0.2) is 30.5 Å². The Morgan fingerprint density at radius 1 is 1.19 bits per heavy atom. The summed E-state index contributed by atoms with van der Waals surface area (Å²) < 4.78 is 26.2. The lowest BCUT2D eigenvalue weighted by Crippen LogP contribution is -2.44. The molecule has 1 aromatic carbocycles. The molecule has 0 radical (unpaired) electrons. The van der Waals surface area contributed by atoms with Crippen LogP contribution in [0.3, 0.4) is 0 Å². The Balaban J connectivity index is 1.78. The average molecular weight is 393 g/mol. The van der Waals surface area contributed by atoms with E-state index in [4.69, 9.17) is 0 Å². The van der Waals surface area contributed by atoms with Crippen molar-refractivity contribution >= 4 is 9.84 Å². The molecule has 0 saturated heterocycles. The number of benzene rings is 1. The van der Waals surface area contributed by atoms with Crippen molar-refractivity contribution in [3.8, 4) is 5.75 Å². The van der Waals surface area contributed by atoms with Crippen molar-refractivity contribution in [2.75, 3.05) is 5.75 Å². The molecule has 2 saturated carbocycles. The molecule has 0 unspecified atom stereocenters. The smallest absolute Gasteiger partial charge is 0.178 e. The Bertz CT molecular complexity index is 831. The van der Waals surface area contributed by atoms with E-state index in [2.05, 4.69) is 6.92 Å². The molecule has 2 N–H and O–H groups in total. The maximum absolute atomic E-state index is 13.1. The van der Waals surface area contributed by atoms with Crippen LogP contribution in [0.4, 0.5) is 0 Å². The quantitative estimate of drug-likeness (QED) is 0.806. The summed E-state index contributed by atoms with van der Waals surface area (Å²) in [6.45, 7) is 4.23. The van der Waals surface area contributed by atoms with Crippen LogP contribution in [0, 0.1) is 17.3 Å². The van der Waals surface area contributed by atoms with Crippen LogP contribution < -0.4 is 0 Å². The fourth-order valence-corrected chi connectivity index (χ4v) is 8.15. The van der Waals surface area contributed by atoms with Crippen molar-refractivity contribution < 1.29 is 18.6 Å². The van der Waals surface area contributed by atoms with E-state index in [1.807, 2.05) is 6.92 Å². The van der Waals surface area contributed by atoms with E-state index in [1.165, 1.54) is 6.07 Å². The zero-order chi connectivity index (χ0) is 19.4. The molecule has 0 amide bonds. The number of phenols is 1. The Morgan fingerprint density at radius 3 is 2.70 bits per heavy atom. The number of hydrogen-bond donors (Lipinski definition) is 2. The molecule has 3 aliphatic rings. The van der Waals surface area contributed by atoms with Crippen molar-refractivity contribution in [3.05, 3.63) is 23.3 Å². The molecule has 4 nitrogen and oxygen atoms in total. The highest BCUT2D eigenvalue weighted by molar-refractivity contribution is 7.91. The summed E-state index contributed by atoms with van der Waals surface area (Å²) in [6, 6.07) is 3.27. The number of aliphatic hydroxyl groups is 1. The molecule has 3 aliphatic carbocycles. The van der Waals surface area contributed by atoms with E-state index in [0.717, 1.165) is 56.1 Å². The lowest BCUT2D eigenvalue weighted by atomic mass is 9.55. The Hall–Kier alpha value is -1.07. The van der Waals surface area contributed by atoms with Gasteiger partial charge in [0.05, 0.1) is 16.8 Å². The summed E-state index contributed by atoms with van der Waals surface area (Å²) in [7, 11) is -3.39. The van der Waals surface area contributed by atoms with Crippen molar-refractivity contribution in [2.24, 2.45) is 17.3 Å². The highest BCUT2D eigenvalue weighted by atomic mass is 32.2. The summed E-state index contributed by atoms with van der Waals surface area (Å²) >= 11 is 0. The fourth-order valence-electron chi connectivity index (χ4n) is 6.34. The van der Waals surface area contributed by atoms with Crippen LogP contribution in [0.15, 0.2) is 17.0 Å². The Morgan fingerprint density at radius 2 is 1.96 bits per heavy atom. The average Bonchev–Trinajstić information content (AvgIpc) is 2.94. The third-order valence-corrected chi connectivity index (χ3v) is 9.65. The molecule has 0 bridgehead atoms. The van der Waals surface area contributed by atoms with Gasteiger partial charge in [0.1, 0.15) is 5.75 Å². The third kappa shape index (κ3) is 3.02. The number of aromatic hydroxyl groups is 1.